The number of amides is 1. The van der Waals surface area contributed by atoms with Crippen molar-refractivity contribution >= 4 is 29.3 Å². The second-order valence-electron chi connectivity index (χ2n) is 5.36. The highest BCUT2D eigenvalue weighted by Gasteiger charge is 2.28. The summed E-state index contributed by atoms with van der Waals surface area (Å²) in [6, 6.07) is 7.41. The van der Waals surface area contributed by atoms with Crippen molar-refractivity contribution in [1.82, 2.24) is 15.5 Å². The fourth-order valence-electron chi connectivity index (χ4n) is 2.11. The van der Waals surface area contributed by atoms with E-state index in [-0.39, 0.29) is 17.7 Å². The number of halogens is 1. The summed E-state index contributed by atoms with van der Waals surface area (Å²) < 4.78 is 5.54. The number of hydrogen-bond donors (Lipinski definition) is 1. The van der Waals surface area contributed by atoms with Gasteiger partial charge in [-0.25, -0.2) is 0 Å². The molecule has 0 spiro atoms. The van der Waals surface area contributed by atoms with E-state index in [1.54, 1.807) is 12.1 Å². The van der Waals surface area contributed by atoms with E-state index < -0.39 is 0 Å². The number of rotatable bonds is 6. The zero-order valence-corrected chi connectivity index (χ0v) is 13.7. The van der Waals surface area contributed by atoms with E-state index in [9.17, 15) is 4.79 Å². The predicted molar refractivity (Wildman–Crippen MR) is 85.8 cm³/mol. The molecular formula is C15H16ClN3O2S. The second-order valence-corrected chi connectivity index (χ2v) is 6.73. The molecule has 0 aliphatic heterocycles. The van der Waals surface area contributed by atoms with Crippen molar-refractivity contribution in [2.75, 3.05) is 5.75 Å². The van der Waals surface area contributed by atoms with Crippen LogP contribution in [0.4, 0.5) is 0 Å². The molecule has 7 heteroatoms. The van der Waals surface area contributed by atoms with Gasteiger partial charge in [-0.05, 0) is 49.9 Å². The van der Waals surface area contributed by atoms with Gasteiger partial charge in [0.1, 0.15) is 0 Å². The van der Waals surface area contributed by atoms with Gasteiger partial charge in [0, 0.05) is 16.6 Å². The first-order valence-electron chi connectivity index (χ1n) is 7.13. The van der Waals surface area contributed by atoms with Crippen molar-refractivity contribution in [2.24, 2.45) is 5.92 Å². The Morgan fingerprint density at radius 1 is 1.41 bits per heavy atom. The number of thioether (sulfide) groups is 1. The molecule has 0 unspecified atom stereocenters. The quantitative estimate of drug-likeness (QED) is 0.818. The van der Waals surface area contributed by atoms with Crippen LogP contribution in [0, 0.1) is 5.92 Å². The Morgan fingerprint density at radius 2 is 2.14 bits per heavy atom. The van der Waals surface area contributed by atoms with Crippen LogP contribution in [0.25, 0.3) is 11.5 Å². The maximum absolute atomic E-state index is 11.8. The minimum Gasteiger partial charge on any atom is -0.411 e. The molecule has 0 bridgehead atoms. The van der Waals surface area contributed by atoms with Crippen LogP contribution >= 0.6 is 23.4 Å². The Morgan fingerprint density at radius 3 is 2.82 bits per heavy atom. The van der Waals surface area contributed by atoms with Gasteiger partial charge in [-0.2, -0.15) is 0 Å². The normalized spacial score (nSPS) is 15.5. The molecule has 1 atom stereocenters. The lowest BCUT2D eigenvalue weighted by molar-refractivity contribution is -0.119. The van der Waals surface area contributed by atoms with Gasteiger partial charge in [0.05, 0.1) is 5.75 Å². The third kappa shape index (κ3) is 4.01. The summed E-state index contributed by atoms with van der Waals surface area (Å²) in [5, 5.41) is 12.0. The number of carbonyl (C=O) groups excluding carboxylic acids is 1. The lowest BCUT2D eigenvalue weighted by Crippen LogP contribution is -2.35. The molecule has 1 heterocycles. The van der Waals surface area contributed by atoms with Crippen LogP contribution in [-0.4, -0.2) is 27.9 Å². The number of carbonyl (C=O) groups is 1. The molecule has 1 aliphatic rings. The summed E-state index contributed by atoms with van der Waals surface area (Å²) in [6.45, 7) is 2.05. The van der Waals surface area contributed by atoms with Gasteiger partial charge >= 0.3 is 0 Å². The number of nitrogens with zero attached hydrogens (tertiary/aromatic N) is 2. The summed E-state index contributed by atoms with van der Waals surface area (Å²) in [4.78, 5) is 11.8. The number of benzene rings is 1. The third-order valence-corrected chi connectivity index (χ3v) is 4.61. The van der Waals surface area contributed by atoms with E-state index in [1.807, 2.05) is 19.1 Å². The molecule has 1 fully saturated rings. The number of aromatic nitrogens is 2. The topological polar surface area (TPSA) is 68.0 Å². The van der Waals surface area contributed by atoms with Crippen molar-refractivity contribution in [2.45, 2.75) is 31.0 Å². The molecule has 3 rings (SSSR count). The highest BCUT2D eigenvalue weighted by atomic mass is 35.5. The molecule has 22 heavy (non-hydrogen) atoms. The van der Waals surface area contributed by atoms with Crippen molar-refractivity contribution in [1.29, 1.82) is 0 Å². The first-order chi connectivity index (χ1) is 10.6. The van der Waals surface area contributed by atoms with Gasteiger partial charge in [0.2, 0.25) is 11.8 Å². The third-order valence-electron chi connectivity index (χ3n) is 3.54. The van der Waals surface area contributed by atoms with Crippen LogP contribution in [0.15, 0.2) is 33.9 Å². The van der Waals surface area contributed by atoms with E-state index in [0.717, 1.165) is 5.56 Å². The lowest BCUT2D eigenvalue weighted by Gasteiger charge is -2.11. The zero-order valence-electron chi connectivity index (χ0n) is 12.1. The molecule has 1 aromatic carbocycles. The van der Waals surface area contributed by atoms with Crippen LogP contribution < -0.4 is 5.32 Å². The Labute approximate surface area is 137 Å². The molecule has 1 saturated carbocycles. The maximum Gasteiger partial charge on any atom is 0.277 e. The van der Waals surface area contributed by atoms with E-state index >= 15 is 0 Å². The van der Waals surface area contributed by atoms with E-state index in [1.165, 1.54) is 24.6 Å². The first kappa shape index (κ1) is 15.4. The van der Waals surface area contributed by atoms with Crippen LogP contribution in [-0.2, 0) is 4.79 Å². The van der Waals surface area contributed by atoms with Gasteiger partial charge in [-0.3, -0.25) is 4.79 Å². The van der Waals surface area contributed by atoms with E-state index in [4.69, 9.17) is 16.0 Å². The van der Waals surface area contributed by atoms with Crippen molar-refractivity contribution < 1.29 is 9.21 Å². The van der Waals surface area contributed by atoms with Crippen LogP contribution in [0.5, 0.6) is 0 Å². The Hall–Kier alpha value is -1.53. The van der Waals surface area contributed by atoms with Crippen LogP contribution in [0.3, 0.4) is 0 Å². The molecule has 5 nitrogen and oxygen atoms in total. The summed E-state index contributed by atoms with van der Waals surface area (Å²) in [6.07, 6.45) is 2.42. The summed E-state index contributed by atoms with van der Waals surface area (Å²) in [7, 11) is 0. The van der Waals surface area contributed by atoms with Gasteiger partial charge in [0.15, 0.2) is 0 Å². The lowest BCUT2D eigenvalue weighted by atomic mass is 10.2. The van der Waals surface area contributed by atoms with Gasteiger partial charge < -0.3 is 9.73 Å². The van der Waals surface area contributed by atoms with Crippen LogP contribution in [0.2, 0.25) is 5.02 Å². The smallest absolute Gasteiger partial charge is 0.277 e. The molecule has 116 valence electrons. The first-order valence-corrected chi connectivity index (χ1v) is 8.50. The Balaban J connectivity index is 1.53. The second kappa shape index (κ2) is 6.71. The molecule has 1 aliphatic carbocycles. The SMILES string of the molecule is C[C@@H](NC(=O)CSc1nnc(-c2ccc(Cl)cc2)o1)C1CC1. The number of hydrogen-bond acceptors (Lipinski definition) is 5. The molecule has 2 aromatic rings. The molecule has 0 radical (unpaired) electrons. The average Bonchev–Trinajstić information content (AvgIpc) is 3.25. The summed E-state index contributed by atoms with van der Waals surface area (Å²) in [5.41, 5.74) is 0.801. The largest absolute Gasteiger partial charge is 0.411 e. The van der Waals surface area contributed by atoms with Crippen LogP contribution in [0.1, 0.15) is 19.8 Å². The average molecular weight is 338 g/mol. The standard InChI is InChI=1S/C15H16ClN3O2S/c1-9(10-2-3-10)17-13(20)8-22-15-19-18-14(21-15)11-4-6-12(16)7-5-11/h4-7,9-10H,2-3,8H2,1H3,(H,17,20)/t9-/m1/s1. The fourth-order valence-corrected chi connectivity index (χ4v) is 2.81. The van der Waals surface area contributed by atoms with Crippen molar-refractivity contribution in [3.63, 3.8) is 0 Å². The molecule has 1 N–H and O–H groups in total. The summed E-state index contributed by atoms with van der Waals surface area (Å²) in [5.74, 6) is 1.34. The van der Waals surface area contributed by atoms with Crippen molar-refractivity contribution in [3.8, 4) is 11.5 Å². The monoisotopic (exact) mass is 337 g/mol. The molecule has 0 saturated heterocycles. The van der Waals surface area contributed by atoms with Gasteiger partial charge in [-0.1, -0.05) is 23.4 Å². The molecular weight excluding hydrogens is 322 g/mol. The Bertz CT molecular complexity index is 655. The Kier molecular flexibility index (Phi) is 4.69. The maximum atomic E-state index is 11.8. The molecule has 1 aromatic heterocycles. The van der Waals surface area contributed by atoms with Gasteiger partial charge in [0.25, 0.3) is 5.22 Å². The fraction of sp³-hybridized carbons (Fsp3) is 0.400. The number of nitrogens with one attached hydrogen (secondary N) is 1. The van der Waals surface area contributed by atoms with E-state index in [2.05, 4.69) is 15.5 Å². The van der Waals surface area contributed by atoms with E-state index in [0.29, 0.717) is 22.1 Å². The highest BCUT2D eigenvalue weighted by molar-refractivity contribution is 7.99. The van der Waals surface area contributed by atoms with Gasteiger partial charge in [-0.15, -0.1) is 10.2 Å². The predicted octanol–water partition coefficient (Wildman–Crippen LogP) is 3.40. The minimum atomic E-state index is -0.00403. The summed E-state index contributed by atoms with van der Waals surface area (Å²) >= 11 is 7.08. The molecule has 1 amide bonds. The zero-order chi connectivity index (χ0) is 15.5. The highest BCUT2D eigenvalue weighted by Crippen LogP contribution is 2.32. The van der Waals surface area contributed by atoms with Crippen molar-refractivity contribution in [3.05, 3.63) is 29.3 Å². The minimum absolute atomic E-state index is 0.00403.